The van der Waals surface area contributed by atoms with Crippen LogP contribution >= 0.6 is 50.5 Å². The van der Waals surface area contributed by atoms with Crippen molar-refractivity contribution < 1.29 is 0 Å². The van der Waals surface area contributed by atoms with Crippen LogP contribution in [0.15, 0.2) is 0 Å². The molecule has 0 aromatic carbocycles. The van der Waals surface area contributed by atoms with Crippen molar-refractivity contribution in [3.63, 3.8) is 0 Å². The van der Waals surface area contributed by atoms with Gasteiger partial charge in [-0.2, -0.15) is 50.5 Å². The smallest absolute Gasteiger partial charge is 0.0616 e. The lowest BCUT2D eigenvalue weighted by Gasteiger charge is -2.55. The van der Waals surface area contributed by atoms with Crippen molar-refractivity contribution in [3.05, 3.63) is 0 Å². The Kier molecular flexibility index (Phi) is 3.85. The molecule has 1 fully saturated rings. The monoisotopic (exact) mass is 268 g/mol. The lowest BCUT2D eigenvalue weighted by molar-refractivity contribution is 0.181. The van der Waals surface area contributed by atoms with E-state index < -0.39 is 0 Å². The first kappa shape index (κ1) is 13.5. The van der Waals surface area contributed by atoms with Crippen LogP contribution in [0.5, 0.6) is 0 Å². The Morgan fingerprint density at radius 2 is 1.29 bits per heavy atom. The van der Waals surface area contributed by atoms with Crippen molar-refractivity contribution >= 4 is 50.5 Å². The van der Waals surface area contributed by atoms with Crippen LogP contribution in [-0.4, -0.2) is 14.1 Å². The highest BCUT2D eigenvalue weighted by Gasteiger charge is 2.54. The zero-order valence-corrected chi connectivity index (χ0v) is 12.7. The molecule has 0 amide bonds. The summed E-state index contributed by atoms with van der Waals surface area (Å²) in [4.78, 5) is 0. The molecule has 0 spiro atoms. The Hall–Kier alpha value is 1.40. The van der Waals surface area contributed by atoms with Gasteiger partial charge in [0.15, 0.2) is 0 Å². The molecule has 0 aromatic heterocycles. The molecule has 0 N–H and O–H groups in total. The van der Waals surface area contributed by atoms with Gasteiger partial charge < -0.3 is 0 Å². The summed E-state index contributed by atoms with van der Waals surface area (Å²) in [6.45, 7) is 8.75. The molecule has 0 aliphatic heterocycles. The van der Waals surface area contributed by atoms with Crippen LogP contribution in [0.3, 0.4) is 0 Å². The Morgan fingerprint density at radius 1 is 0.857 bits per heavy atom. The van der Waals surface area contributed by atoms with Gasteiger partial charge in [0.05, 0.1) is 4.08 Å². The third kappa shape index (κ3) is 1.85. The minimum absolute atomic E-state index is 0.0447. The highest BCUT2D eigenvalue weighted by Crippen LogP contribution is 2.55. The predicted octanol–water partition coefficient (Wildman–Crippen LogP) is 3.45. The molecule has 1 aliphatic rings. The standard InChI is InChI=1S/C10H20S4/c1-5-6(2)10(13,14)7(3)8(11)9(5,4)12/h5-8,11-14H,1-4H3/t5-,6+,7?,8?,9?/m1/s1. The van der Waals surface area contributed by atoms with Crippen LogP contribution in [0.1, 0.15) is 27.7 Å². The fraction of sp³-hybridized carbons (Fsp3) is 1.00. The summed E-state index contributed by atoms with van der Waals surface area (Å²) in [6, 6.07) is 0. The summed E-state index contributed by atoms with van der Waals surface area (Å²) in [5, 5.41) is 0.229. The molecule has 0 radical (unpaired) electrons. The van der Waals surface area contributed by atoms with Crippen molar-refractivity contribution in [2.24, 2.45) is 17.8 Å². The molecule has 84 valence electrons. The molecule has 4 heteroatoms. The maximum absolute atomic E-state index is 4.76. The Bertz CT molecular complexity index is 180. The van der Waals surface area contributed by atoms with E-state index in [1.165, 1.54) is 0 Å². The average Bonchev–Trinajstić information content (AvgIpc) is 2.11. The van der Waals surface area contributed by atoms with Crippen LogP contribution in [0.2, 0.25) is 0 Å². The van der Waals surface area contributed by atoms with Gasteiger partial charge in [-0.25, -0.2) is 0 Å². The molecule has 14 heavy (non-hydrogen) atoms. The summed E-state index contributed by atoms with van der Waals surface area (Å²) in [5.41, 5.74) is 0. The number of thiol groups is 4. The van der Waals surface area contributed by atoms with Crippen LogP contribution in [0.25, 0.3) is 0 Å². The summed E-state index contributed by atoms with van der Waals surface area (Å²) in [6.07, 6.45) is 0. The fourth-order valence-electron chi connectivity index (χ4n) is 2.30. The Labute approximate surface area is 110 Å². The molecule has 1 aliphatic carbocycles. The minimum atomic E-state index is -0.242. The van der Waals surface area contributed by atoms with E-state index in [-0.39, 0.29) is 14.1 Å². The van der Waals surface area contributed by atoms with E-state index in [0.29, 0.717) is 17.8 Å². The Morgan fingerprint density at radius 3 is 1.71 bits per heavy atom. The van der Waals surface area contributed by atoms with Crippen molar-refractivity contribution in [1.29, 1.82) is 0 Å². The van der Waals surface area contributed by atoms with Crippen LogP contribution in [0, 0.1) is 17.8 Å². The topological polar surface area (TPSA) is 0 Å². The average molecular weight is 269 g/mol. The second-order valence-corrected chi connectivity index (χ2v) is 8.17. The maximum atomic E-state index is 4.76. The SMILES string of the molecule is CC1C(S)C(C)(S)[C@H](C)[C@H](C)C1(S)S. The van der Waals surface area contributed by atoms with Gasteiger partial charge >= 0.3 is 0 Å². The van der Waals surface area contributed by atoms with Gasteiger partial charge in [0, 0.05) is 10.00 Å². The molecule has 0 heterocycles. The number of hydrogen-bond acceptors (Lipinski definition) is 4. The lowest BCUT2D eigenvalue weighted by Crippen LogP contribution is -2.57. The lowest BCUT2D eigenvalue weighted by atomic mass is 9.68. The van der Waals surface area contributed by atoms with Gasteiger partial charge in [0.2, 0.25) is 0 Å². The molecule has 5 atom stereocenters. The van der Waals surface area contributed by atoms with Gasteiger partial charge in [0.25, 0.3) is 0 Å². The molecule has 0 bridgehead atoms. The first-order chi connectivity index (χ1) is 6.13. The zero-order valence-electron chi connectivity index (χ0n) is 9.10. The van der Waals surface area contributed by atoms with Gasteiger partial charge in [-0.05, 0) is 24.7 Å². The predicted molar refractivity (Wildman–Crippen MR) is 78.4 cm³/mol. The van der Waals surface area contributed by atoms with Crippen LogP contribution in [-0.2, 0) is 0 Å². The van der Waals surface area contributed by atoms with Gasteiger partial charge in [-0.1, -0.05) is 20.8 Å². The van der Waals surface area contributed by atoms with Gasteiger partial charge in [0.1, 0.15) is 0 Å². The summed E-state index contributed by atoms with van der Waals surface area (Å²) in [7, 11) is 0. The molecule has 0 nitrogen and oxygen atoms in total. The van der Waals surface area contributed by atoms with Gasteiger partial charge in [-0.3, -0.25) is 0 Å². The second kappa shape index (κ2) is 4.01. The molecule has 0 saturated heterocycles. The highest BCUT2D eigenvalue weighted by atomic mass is 32.2. The van der Waals surface area contributed by atoms with E-state index in [4.69, 9.17) is 12.6 Å². The van der Waals surface area contributed by atoms with E-state index in [0.717, 1.165) is 0 Å². The molecular formula is C10H20S4. The molecule has 1 saturated carbocycles. The quantitative estimate of drug-likeness (QED) is 0.375. The molecule has 0 aromatic rings. The third-order valence-corrected chi connectivity index (χ3v) is 7.59. The fourth-order valence-corrected chi connectivity index (χ4v) is 4.19. The summed E-state index contributed by atoms with van der Waals surface area (Å²) in [5.74, 6) is 1.22. The van der Waals surface area contributed by atoms with Crippen molar-refractivity contribution in [1.82, 2.24) is 0 Å². The molecule has 1 rings (SSSR count). The third-order valence-electron chi connectivity index (χ3n) is 4.08. The van der Waals surface area contributed by atoms with Crippen LogP contribution in [0.4, 0.5) is 0 Å². The van der Waals surface area contributed by atoms with E-state index >= 15 is 0 Å². The summed E-state index contributed by atoms with van der Waals surface area (Å²) >= 11 is 18.8. The van der Waals surface area contributed by atoms with Crippen molar-refractivity contribution in [2.75, 3.05) is 0 Å². The highest BCUT2D eigenvalue weighted by molar-refractivity contribution is 8.00. The maximum Gasteiger partial charge on any atom is 0.0616 e. The first-order valence-electron chi connectivity index (χ1n) is 4.98. The number of rotatable bonds is 0. The number of hydrogen-bond donors (Lipinski definition) is 4. The van der Waals surface area contributed by atoms with Crippen molar-refractivity contribution in [3.8, 4) is 0 Å². The largest absolute Gasteiger partial charge is 0.174 e. The second-order valence-electron chi connectivity index (χ2n) is 4.82. The summed E-state index contributed by atoms with van der Waals surface area (Å²) < 4.78 is -0.287. The van der Waals surface area contributed by atoms with E-state index in [1.54, 1.807) is 0 Å². The van der Waals surface area contributed by atoms with E-state index in [2.05, 4.69) is 65.6 Å². The Balaban J connectivity index is 3.07. The zero-order chi connectivity index (χ0) is 11.3. The van der Waals surface area contributed by atoms with E-state index in [9.17, 15) is 0 Å². The van der Waals surface area contributed by atoms with Gasteiger partial charge in [-0.15, -0.1) is 0 Å². The minimum Gasteiger partial charge on any atom is -0.174 e. The van der Waals surface area contributed by atoms with Crippen molar-refractivity contribution in [2.45, 2.75) is 41.8 Å². The first-order valence-corrected chi connectivity index (χ1v) is 6.84. The molecule has 3 unspecified atom stereocenters. The normalized spacial score (nSPS) is 53.1. The molecular weight excluding hydrogens is 248 g/mol. The van der Waals surface area contributed by atoms with Crippen LogP contribution < -0.4 is 0 Å². The van der Waals surface area contributed by atoms with E-state index in [1.807, 2.05) is 0 Å².